The normalized spacial score (nSPS) is 20.9. The summed E-state index contributed by atoms with van der Waals surface area (Å²) in [5.74, 6) is 0.609. The van der Waals surface area contributed by atoms with Crippen molar-refractivity contribution in [2.75, 3.05) is 48.8 Å². The van der Waals surface area contributed by atoms with Crippen LogP contribution in [0.5, 0.6) is 0 Å². The standard InChI is InChI=1S/C24H28N4O3S/c1-17-6-7-20-19(10-17)21(26-14-24(13-25)15-31-16-24)11-23(27-20)28-8-9-32(29,30)22-5-3-2-4-18(22)12-28/h2-7,10-11H,8-9,12-16,25H2,1H3,(H,26,27)/i1D3. The number of anilines is 2. The number of sulfone groups is 1. The van der Waals surface area contributed by atoms with Crippen molar-refractivity contribution in [2.45, 2.75) is 18.3 Å². The second-order valence-corrected chi connectivity index (χ2v) is 10.7. The summed E-state index contributed by atoms with van der Waals surface area (Å²) in [5, 5.41) is 4.15. The number of pyridine rings is 1. The van der Waals surface area contributed by atoms with E-state index in [-0.39, 0.29) is 16.7 Å². The summed E-state index contributed by atoms with van der Waals surface area (Å²) in [6, 6.07) is 13.8. The maximum absolute atomic E-state index is 12.8. The first-order valence-electron chi connectivity index (χ1n) is 12.1. The van der Waals surface area contributed by atoms with E-state index in [1.54, 1.807) is 30.3 Å². The zero-order valence-corrected chi connectivity index (χ0v) is 18.5. The van der Waals surface area contributed by atoms with E-state index in [9.17, 15) is 8.42 Å². The maximum atomic E-state index is 12.8. The molecule has 1 saturated heterocycles. The molecule has 1 fully saturated rings. The number of nitrogens with one attached hydrogen (secondary N) is 1. The Morgan fingerprint density at radius 2 is 2.09 bits per heavy atom. The van der Waals surface area contributed by atoms with Gasteiger partial charge in [0.15, 0.2) is 9.84 Å². The van der Waals surface area contributed by atoms with Crippen LogP contribution >= 0.6 is 0 Å². The van der Waals surface area contributed by atoms with Gasteiger partial charge < -0.3 is 20.7 Å². The number of aromatic nitrogens is 1. The lowest BCUT2D eigenvalue weighted by Crippen LogP contribution is -2.52. The van der Waals surface area contributed by atoms with Crippen LogP contribution in [0.25, 0.3) is 10.9 Å². The summed E-state index contributed by atoms with van der Waals surface area (Å²) in [6.07, 6.45) is 0. The van der Waals surface area contributed by atoms with Crippen molar-refractivity contribution in [2.24, 2.45) is 11.1 Å². The smallest absolute Gasteiger partial charge is 0.180 e. The molecule has 168 valence electrons. The molecule has 7 nitrogen and oxygen atoms in total. The fourth-order valence-corrected chi connectivity index (χ4v) is 5.74. The lowest BCUT2D eigenvalue weighted by atomic mass is 9.86. The van der Waals surface area contributed by atoms with Gasteiger partial charge in [0, 0.05) is 52.8 Å². The molecule has 0 amide bonds. The highest BCUT2D eigenvalue weighted by atomic mass is 32.2. The van der Waals surface area contributed by atoms with Crippen LogP contribution in [0.15, 0.2) is 53.4 Å². The molecule has 0 saturated carbocycles. The Labute approximate surface area is 192 Å². The van der Waals surface area contributed by atoms with Gasteiger partial charge in [-0.15, -0.1) is 0 Å². The molecule has 0 spiro atoms. The largest absolute Gasteiger partial charge is 0.384 e. The Balaban J connectivity index is 1.57. The van der Waals surface area contributed by atoms with Crippen LogP contribution in [0.4, 0.5) is 11.5 Å². The first-order chi connectivity index (χ1) is 16.6. The Kier molecular flexibility index (Phi) is 4.47. The fourth-order valence-electron chi connectivity index (χ4n) is 4.24. The molecule has 0 aliphatic carbocycles. The third-order valence-corrected chi connectivity index (χ3v) is 8.11. The number of benzene rings is 2. The molecule has 0 atom stereocenters. The molecule has 2 aliphatic heterocycles. The SMILES string of the molecule is [2H]C([2H])([2H])c1ccc2nc(N3CCS(=O)(=O)c4ccccc4C3)cc(NCC3(CN)COC3)c2c1. The van der Waals surface area contributed by atoms with Gasteiger partial charge in [0.2, 0.25) is 0 Å². The van der Waals surface area contributed by atoms with Gasteiger partial charge in [0.25, 0.3) is 0 Å². The minimum absolute atomic E-state index is 0.0158. The second-order valence-electron chi connectivity index (χ2n) is 8.66. The minimum Gasteiger partial charge on any atom is -0.384 e. The summed E-state index contributed by atoms with van der Waals surface area (Å²) < 4.78 is 54.5. The molecule has 0 radical (unpaired) electrons. The summed E-state index contributed by atoms with van der Waals surface area (Å²) >= 11 is 0. The van der Waals surface area contributed by atoms with E-state index in [1.165, 1.54) is 0 Å². The average Bonchev–Trinajstić information content (AvgIpc) is 2.93. The van der Waals surface area contributed by atoms with Crippen molar-refractivity contribution in [1.82, 2.24) is 4.98 Å². The summed E-state index contributed by atoms with van der Waals surface area (Å²) in [5.41, 5.74) is 8.14. The topological polar surface area (TPSA) is 97.6 Å². The van der Waals surface area contributed by atoms with E-state index < -0.39 is 16.7 Å². The molecule has 3 heterocycles. The van der Waals surface area contributed by atoms with E-state index in [1.807, 2.05) is 23.1 Å². The Bertz CT molecular complexity index is 1370. The Morgan fingerprint density at radius 3 is 2.84 bits per heavy atom. The summed E-state index contributed by atoms with van der Waals surface area (Å²) in [6.45, 7) is 0.618. The third-order valence-electron chi connectivity index (χ3n) is 6.32. The van der Waals surface area contributed by atoms with Gasteiger partial charge >= 0.3 is 0 Å². The molecular formula is C24H28N4O3S. The molecule has 3 N–H and O–H groups in total. The van der Waals surface area contributed by atoms with E-state index in [0.717, 1.165) is 11.3 Å². The predicted molar refractivity (Wildman–Crippen MR) is 127 cm³/mol. The van der Waals surface area contributed by atoms with Crippen LogP contribution in [0.1, 0.15) is 15.2 Å². The molecule has 2 aliphatic rings. The first kappa shape index (κ1) is 17.8. The Hall–Kier alpha value is -2.68. The quantitative estimate of drug-likeness (QED) is 0.610. The van der Waals surface area contributed by atoms with Crippen LogP contribution in [0.2, 0.25) is 0 Å². The number of hydrogen-bond acceptors (Lipinski definition) is 7. The number of rotatable bonds is 5. The van der Waals surface area contributed by atoms with Crippen LogP contribution in [0.3, 0.4) is 0 Å². The Morgan fingerprint density at radius 1 is 1.25 bits per heavy atom. The van der Waals surface area contributed by atoms with E-state index >= 15 is 0 Å². The van der Waals surface area contributed by atoms with Gasteiger partial charge in [-0.1, -0.05) is 29.8 Å². The van der Waals surface area contributed by atoms with Crippen molar-refractivity contribution in [3.8, 4) is 0 Å². The van der Waals surface area contributed by atoms with Crippen LogP contribution < -0.4 is 16.0 Å². The maximum Gasteiger partial charge on any atom is 0.180 e. The number of hydrogen-bond donors (Lipinski definition) is 2. The van der Waals surface area contributed by atoms with Gasteiger partial charge in [0.05, 0.1) is 29.4 Å². The number of nitrogens with two attached hydrogens (primary N) is 1. The van der Waals surface area contributed by atoms with Gasteiger partial charge in [-0.05, 0) is 30.6 Å². The zero-order valence-electron chi connectivity index (χ0n) is 20.7. The molecule has 0 unspecified atom stereocenters. The third kappa shape index (κ3) is 3.83. The molecule has 0 bridgehead atoms. The number of fused-ring (bicyclic) bond motifs is 2. The van der Waals surface area contributed by atoms with E-state index in [4.69, 9.17) is 19.6 Å². The lowest BCUT2D eigenvalue weighted by Gasteiger charge is -2.40. The monoisotopic (exact) mass is 455 g/mol. The van der Waals surface area contributed by atoms with Crippen LogP contribution in [0, 0.1) is 12.3 Å². The predicted octanol–water partition coefficient (Wildman–Crippen LogP) is 2.72. The molecular weight excluding hydrogens is 424 g/mol. The number of aryl methyl sites for hydroxylation is 1. The first-order valence-corrected chi connectivity index (χ1v) is 12.3. The molecule has 3 aromatic rings. The highest BCUT2D eigenvalue weighted by Crippen LogP contribution is 2.33. The van der Waals surface area contributed by atoms with Crippen LogP contribution in [-0.2, 0) is 21.1 Å². The minimum atomic E-state index is -3.40. The van der Waals surface area contributed by atoms with Crippen molar-refractivity contribution in [3.63, 3.8) is 0 Å². The average molecular weight is 456 g/mol. The van der Waals surface area contributed by atoms with E-state index in [2.05, 4.69) is 5.32 Å². The van der Waals surface area contributed by atoms with Gasteiger partial charge in [0.1, 0.15) is 5.82 Å². The molecule has 2 aromatic carbocycles. The fraction of sp³-hybridized carbons (Fsp3) is 0.375. The molecule has 32 heavy (non-hydrogen) atoms. The number of ether oxygens (including phenoxy) is 1. The summed E-state index contributed by atoms with van der Waals surface area (Å²) in [4.78, 5) is 7.12. The highest BCUT2D eigenvalue weighted by Gasteiger charge is 2.37. The number of nitrogens with zero attached hydrogens (tertiary/aromatic N) is 2. The second kappa shape index (κ2) is 8.03. The van der Waals surface area contributed by atoms with Crippen molar-refractivity contribution >= 4 is 32.2 Å². The van der Waals surface area contributed by atoms with Crippen molar-refractivity contribution in [3.05, 3.63) is 59.7 Å². The van der Waals surface area contributed by atoms with Gasteiger partial charge in [-0.3, -0.25) is 0 Å². The summed E-state index contributed by atoms with van der Waals surface area (Å²) in [7, 11) is -3.40. The van der Waals surface area contributed by atoms with Crippen molar-refractivity contribution < 1.29 is 17.3 Å². The zero-order chi connectivity index (χ0) is 24.8. The van der Waals surface area contributed by atoms with Crippen LogP contribution in [-0.4, -0.2) is 52.0 Å². The van der Waals surface area contributed by atoms with Gasteiger partial charge in [-0.2, -0.15) is 0 Å². The van der Waals surface area contributed by atoms with Crippen molar-refractivity contribution in [1.29, 1.82) is 0 Å². The molecule has 5 rings (SSSR count). The lowest BCUT2D eigenvalue weighted by molar-refractivity contribution is -0.0979. The van der Waals surface area contributed by atoms with E-state index in [0.29, 0.717) is 61.0 Å². The van der Waals surface area contributed by atoms with Gasteiger partial charge in [-0.25, -0.2) is 13.4 Å². The highest BCUT2D eigenvalue weighted by molar-refractivity contribution is 7.91. The molecule has 1 aromatic heterocycles. The molecule has 8 heteroatoms.